The van der Waals surface area contributed by atoms with Crippen molar-refractivity contribution in [1.82, 2.24) is 0 Å². The number of ether oxygens (including phenoxy) is 3. The second kappa shape index (κ2) is 2.53. The highest BCUT2D eigenvalue weighted by atomic mass is 79.9. The maximum absolute atomic E-state index is 11.7. The van der Waals surface area contributed by atoms with E-state index in [1.165, 1.54) is 7.11 Å². The summed E-state index contributed by atoms with van der Waals surface area (Å²) in [5.74, 6) is 3.47. The first-order valence-electron chi connectivity index (χ1n) is 7.18. The number of methoxy groups -OCH3 is 1. The molecule has 0 radical (unpaired) electrons. The molecule has 1 aliphatic heterocycles. The normalized spacial score (nSPS) is 66.8. The third kappa shape index (κ3) is 0.625. The molecule has 19 heavy (non-hydrogen) atoms. The number of halogens is 1. The number of carbonyl (C=O) groups excluding carboxylic acids is 1. The highest BCUT2D eigenvalue weighted by Crippen LogP contribution is 3.05. The van der Waals surface area contributed by atoms with Gasteiger partial charge < -0.3 is 14.2 Å². The fourth-order valence-corrected chi connectivity index (χ4v) is 9.15. The van der Waals surface area contributed by atoms with E-state index in [4.69, 9.17) is 14.2 Å². The SMILES string of the molecule is COC(=O)CC12C3[C@@H]4[C@H]1C1[C@@H]2[C@H]3C4(Br)C12OCCO2. The number of alkyl halides is 1. The summed E-state index contributed by atoms with van der Waals surface area (Å²) < 4.78 is 17.2. The van der Waals surface area contributed by atoms with Crippen molar-refractivity contribution in [2.24, 2.45) is 40.9 Å². The second-order valence-electron chi connectivity index (χ2n) is 7.15. The minimum Gasteiger partial charge on any atom is -0.469 e. The van der Waals surface area contributed by atoms with Gasteiger partial charge in [-0.1, -0.05) is 15.9 Å². The summed E-state index contributed by atoms with van der Waals surface area (Å²) in [7, 11) is 1.49. The van der Waals surface area contributed by atoms with E-state index in [2.05, 4.69) is 15.9 Å². The van der Waals surface area contributed by atoms with Gasteiger partial charge in [0.15, 0.2) is 5.79 Å². The van der Waals surface area contributed by atoms with Crippen LogP contribution < -0.4 is 0 Å². The third-order valence-electron chi connectivity index (χ3n) is 7.52. The Balaban J connectivity index is 1.44. The van der Waals surface area contributed by atoms with E-state index in [1.54, 1.807) is 0 Å². The van der Waals surface area contributed by atoms with E-state index in [0.29, 0.717) is 36.0 Å². The zero-order valence-electron chi connectivity index (χ0n) is 10.6. The predicted molar refractivity (Wildman–Crippen MR) is 66.3 cm³/mol. The molecule has 7 aliphatic rings. The average molecular weight is 327 g/mol. The Kier molecular flexibility index (Phi) is 1.41. The molecule has 7 rings (SSSR count). The maximum atomic E-state index is 11.7. The predicted octanol–water partition coefficient (Wildman–Crippen LogP) is 1.18. The number of carbonyl (C=O) groups is 1. The van der Waals surface area contributed by atoms with Crippen molar-refractivity contribution in [2.45, 2.75) is 16.5 Å². The van der Waals surface area contributed by atoms with E-state index in [1.807, 2.05) is 0 Å². The molecule has 0 amide bonds. The van der Waals surface area contributed by atoms with Crippen LogP contribution in [0.2, 0.25) is 0 Å². The minimum atomic E-state index is -0.357. The van der Waals surface area contributed by atoms with Crippen molar-refractivity contribution in [1.29, 1.82) is 0 Å². The lowest BCUT2D eigenvalue weighted by molar-refractivity contribution is -0.438. The fourth-order valence-electron chi connectivity index (χ4n) is 7.52. The molecule has 102 valence electrons. The Morgan fingerprint density at radius 1 is 1.16 bits per heavy atom. The molecule has 1 saturated heterocycles. The molecule has 1 spiro atoms. The van der Waals surface area contributed by atoms with Crippen LogP contribution >= 0.6 is 15.9 Å². The molecule has 8 atom stereocenters. The molecule has 6 aliphatic carbocycles. The molecule has 0 aromatic carbocycles. The summed E-state index contributed by atoms with van der Waals surface area (Å²) in [4.78, 5) is 11.7. The van der Waals surface area contributed by atoms with Crippen LogP contribution in [0.25, 0.3) is 0 Å². The first-order chi connectivity index (χ1) is 9.14. The summed E-state index contributed by atoms with van der Waals surface area (Å²) in [6.45, 7) is 1.44. The van der Waals surface area contributed by atoms with E-state index >= 15 is 0 Å². The molecule has 0 N–H and O–H groups in total. The summed E-state index contributed by atoms with van der Waals surface area (Å²) in [5, 5.41) is 0. The number of esters is 1. The monoisotopic (exact) mass is 326 g/mol. The van der Waals surface area contributed by atoms with Gasteiger partial charge in [-0.3, -0.25) is 4.79 Å². The standard InChI is InChI=1S/C14H15BrO4/c1-17-5(16)4-12-6-9-7(12)11-8(12)10(6)13(9,15)14(11)18-2-3-19-14/h6-11H,2-4H2,1H3/t6?,7-,8-,9-,10+,11?,12?,13?/m0/s1. The summed E-state index contributed by atoms with van der Waals surface area (Å²) in [5.41, 5.74) is 0.267. The van der Waals surface area contributed by atoms with Crippen LogP contribution in [-0.4, -0.2) is 36.4 Å². The molecular weight excluding hydrogens is 312 g/mol. The van der Waals surface area contributed by atoms with Gasteiger partial charge in [0.05, 0.1) is 31.1 Å². The van der Waals surface area contributed by atoms with E-state index in [-0.39, 0.29) is 21.5 Å². The van der Waals surface area contributed by atoms with Gasteiger partial charge in [-0.15, -0.1) is 0 Å². The van der Waals surface area contributed by atoms with Crippen LogP contribution in [0.4, 0.5) is 0 Å². The fraction of sp³-hybridized carbons (Fsp3) is 0.929. The molecule has 7 fully saturated rings. The zero-order valence-corrected chi connectivity index (χ0v) is 12.2. The quantitative estimate of drug-likeness (QED) is 0.564. The van der Waals surface area contributed by atoms with Crippen molar-refractivity contribution >= 4 is 21.9 Å². The van der Waals surface area contributed by atoms with Gasteiger partial charge in [0.1, 0.15) is 0 Å². The van der Waals surface area contributed by atoms with Crippen molar-refractivity contribution in [3.63, 3.8) is 0 Å². The minimum absolute atomic E-state index is 0.0402. The van der Waals surface area contributed by atoms with Crippen LogP contribution in [0.5, 0.6) is 0 Å². The summed E-state index contributed by atoms with van der Waals surface area (Å²) >= 11 is 4.01. The van der Waals surface area contributed by atoms with Gasteiger partial charge in [-0.05, 0) is 35.0 Å². The molecule has 6 saturated carbocycles. The smallest absolute Gasteiger partial charge is 0.306 e. The van der Waals surface area contributed by atoms with E-state index in [0.717, 1.165) is 19.1 Å². The summed E-state index contributed by atoms with van der Waals surface area (Å²) in [6.07, 6.45) is 0.617. The Bertz CT molecular complexity index is 520. The van der Waals surface area contributed by atoms with Crippen molar-refractivity contribution in [3.05, 3.63) is 0 Å². The lowest BCUT2D eigenvalue weighted by Crippen LogP contribution is -2.92. The Morgan fingerprint density at radius 2 is 1.74 bits per heavy atom. The largest absolute Gasteiger partial charge is 0.469 e. The van der Waals surface area contributed by atoms with Crippen LogP contribution in [-0.2, 0) is 19.0 Å². The van der Waals surface area contributed by atoms with Gasteiger partial charge in [-0.25, -0.2) is 0 Å². The highest BCUT2D eigenvalue weighted by molar-refractivity contribution is 9.10. The van der Waals surface area contributed by atoms with Gasteiger partial charge >= 0.3 is 5.97 Å². The van der Waals surface area contributed by atoms with Crippen molar-refractivity contribution in [2.75, 3.05) is 20.3 Å². The number of rotatable bonds is 2. The first kappa shape index (κ1) is 10.6. The Hall–Kier alpha value is -0.130. The number of hydrogen-bond donors (Lipinski definition) is 0. The van der Waals surface area contributed by atoms with Crippen LogP contribution in [0, 0.1) is 40.9 Å². The molecule has 4 unspecified atom stereocenters. The molecule has 0 aromatic rings. The third-order valence-corrected chi connectivity index (χ3v) is 9.13. The first-order valence-corrected chi connectivity index (χ1v) is 7.97. The van der Waals surface area contributed by atoms with Crippen LogP contribution in [0.15, 0.2) is 0 Å². The molecule has 2 bridgehead atoms. The second-order valence-corrected chi connectivity index (χ2v) is 8.46. The molecule has 0 aromatic heterocycles. The topological polar surface area (TPSA) is 44.8 Å². The van der Waals surface area contributed by atoms with Gasteiger partial charge in [0.25, 0.3) is 0 Å². The van der Waals surface area contributed by atoms with Gasteiger partial charge in [0.2, 0.25) is 0 Å². The molecular formula is C14H15BrO4. The van der Waals surface area contributed by atoms with E-state index in [9.17, 15) is 4.79 Å². The van der Waals surface area contributed by atoms with Gasteiger partial charge in [0, 0.05) is 5.92 Å². The lowest BCUT2D eigenvalue weighted by Gasteiger charge is -2.91. The molecule has 4 nitrogen and oxygen atoms in total. The molecule has 5 heteroatoms. The Morgan fingerprint density at radius 3 is 2.32 bits per heavy atom. The van der Waals surface area contributed by atoms with Crippen LogP contribution in [0.3, 0.4) is 0 Å². The van der Waals surface area contributed by atoms with Gasteiger partial charge in [-0.2, -0.15) is 0 Å². The zero-order chi connectivity index (χ0) is 12.8. The van der Waals surface area contributed by atoms with Crippen molar-refractivity contribution in [3.8, 4) is 0 Å². The summed E-state index contributed by atoms with van der Waals surface area (Å²) in [6, 6.07) is 0. The lowest BCUT2D eigenvalue weighted by atomic mass is 9.13. The maximum Gasteiger partial charge on any atom is 0.306 e. The molecule has 1 heterocycles. The van der Waals surface area contributed by atoms with Crippen LogP contribution in [0.1, 0.15) is 6.42 Å². The Labute approximate surface area is 119 Å². The average Bonchev–Trinajstić information content (AvgIpc) is 2.95. The number of hydrogen-bond acceptors (Lipinski definition) is 4. The highest BCUT2D eigenvalue weighted by Gasteiger charge is 3.08. The van der Waals surface area contributed by atoms with E-state index < -0.39 is 0 Å². The van der Waals surface area contributed by atoms with Crippen molar-refractivity contribution < 1.29 is 19.0 Å².